The molecule has 1 aromatic heterocycles. The molecule has 1 aliphatic heterocycles. The highest BCUT2D eigenvalue weighted by Crippen LogP contribution is 2.18. The van der Waals surface area contributed by atoms with Gasteiger partial charge < -0.3 is 16.0 Å². The summed E-state index contributed by atoms with van der Waals surface area (Å²) in [6.07, 6.45) is 4.61. The predicted molar refractivity (Wildman–Crippen MR) is 88.5 cm³/mol. The van der Waals surface area contributed by atoms with Crippen LogP contribution in [0.15, 0.2) is 0 Å². The third-order valence-electron chi connectivity index (χ3n) is 4.09. The lowest BCUT2D eigenvalue weighted by Gasteiger charge is -2.21. The van der Waals surface area contributed by atoms with E-state index in [9.17, 15) is 0 Å². The number of rotatable bonds is 7. The summed E-state index contributed by atoms with van der Waals surface area (Å²) in [6.45, 7) is 11.0. The number of hydrogen-bond donors (Lipinski definition) is 2. The van der Waals surface area contributed by atoms with Gasteiger partial charge in [-0.25, -0.2) is 9.97 Å². The Labute approximate surface area is 128 Å². The van der Waals surface area contributed by atoms with E-state index in [-0.39, 0.29) is 0 Å². The molecule has 21 heavy (non-hydrogen) atoms. The number of likely N-dealkylation sites (tertiary alicyclic amines) is 1. The molecule has 0 saturated carbocycles. The van der Waals surface area contributed by atoms with E-state index in [2.05, 4.69) is 34.0 Å². The summed E-state index contributed by atoms with van der Waals surface area (Å²) in [6, 6.07) is 0. The second kappa shape index (κ2) is 7.59. The van der Waals surface area contributed by atoms with Gasteiger partial charge in [-0.2, -0.15) is 0 Å². The van der Waals surface area contributed by atoms with Crippen LogP contribution in [0.2, 0.25) is 0 Å². The Hall–Kier alpha value is -1.36. The van der Waals surface area contributed by atoms with Crippen molar-refractivity contribution in [3.8, 4) is 0 Å². The minimum Gasteiger partial charge on any atom is -0.383 e. The fourth-order valence-electron chi connectivity index (χ4n) is 2.83. The molecule has 118 valence electrons. The number of nitrogen functional groups attached to an aromatic ring is 1. The summed E-state index contributed by atoms with van der Waals surface area (Å²) in [7, 11) is 0. The normalized spacial score (nSPS) is 17.1. The minimum absolute atomic E-state index is 0.600. The van der Waals surface area contributed by atoms with Crippen molar-refractivity contribution in [2.75, 3.05) is 37.2 Å². The van der Waals surface area contributed by atoms with Crippen molar-refractivity contribution < 1.29 is 0 Å². The lowest BCUT2D eigenvalue weighted by molar-refractivity contribution is 0.294. The smallest absolute Gasteiger partial charge is 0.134 e. The Morgan fingerprint density at radius 1 is 1.29 bits per heavy atom. The van der Waals surface area contributed by atoms with Crippen molar-refractivity contribution in [3.05, 3.63) is 11.4 Å². The summed E-state index contributed by atoms with van der Waals surface area (Å²) >= 11 is 0. The van der Waals surface area contributed by atoms with Crippen molar-refractivity contribution in [1.82, 2.24) is 14.9 Å². The molecule has 1 unspecified atom stereocenters. The molecule has 1 fully saturated rings. The Balaban J connectivity index is 1.91. The van der Waals surface area contributed by atoms with Gasteiger partial charge >= 0.3 is 0 Å². The Bertz CT molecular complexity index is 454. The first-order valence-electron chi connectivity index (χ1n) is 8.19. The van der Waals surface area contributed by atoms with Crippen LogP contribution in [0.5, 0.6) is 0 Å². The van der Waals surface area contributed by atoms with E-state index < -0.39 is 0 Å². The number of nitrogens with two attached hydrogens (primary N) is 1. The van der Waals surface area contributed by atoms with Crippen molar-refractivity contribution in [2.24, 2.45) is 5.92 Å². The second-order valence-electron chi connectivity index (χ2n) is 6.24. The maximum atomic E-state index is 5.99. The fraction of sp³-hybridized carbons (Fsp3) is 0.750. The standard InChI is InChI=1S/C16H29N5/c1-4-7-14-19-15(17)13(3)16(20-14)18-10-12(2)11-21-8-5-6-9-21/h12H,4-11H2,1-3H3,(H3,17,18,19,20). The molecule has 3 N–H and O–H groups in total. The summed E-state index contributed by atoms with van der Waals surface area (Å²) in [5, 5.41) is 3.47. The van der Waals surface area contributed by atoms with Gasteiger partial charge in [0.2, 0.25) is 0 Å². The molecule has 1 aromatic rings. The third-order valence-corrected chi connectivity index (χ3v) is 4.09. The van der Waals surface area contributed by atoms with Crippen molar-refractivity contribution in [2.45, 2.75) is 46.5 Å². The molecular weight excluding hydrogens is 262 g/mol. The van der Waals surface area contributed by atoms with Crippen molar-refractivity contribution in [3.63, 3.8) is 0 Å². The predicted octanol–water partition coefficient (Wildman–Crippen LogP) is 2.46. The number of aromatic nitrogens is 2. The number of anilines is 2. The molecule has 0 bridgehead atoms. The summed E-state index contributed by atoms with van der Waals surface area (Å²) in [5.74, 6) is 2.95. The van der Waals surface area contributed by atoms with Gasteiger partial charge in [0, 0.05) is 25.1 Å². The van der Waals surface area contributed by atoms with Gasteiger partial charge in [-0.05, 0) is 45.2 Å². The summed E-state index contributed by atoms with van der Waals surface area (Å²) < 4.78 is 0. The van der Waals surface area contributed by atoms with Crippen LogP contribution in [0.3, 0.4) is 0 Å². The van der Waals surface area contributed by atoms with Crippen LogP contribution in [-0.4, -0.2) is 41.0 Å². The molecule has 5 nitrogen and oxygen atoms in total. The zero-order valence-corrected chi connectivity index (χ0v) is 13.7. The monoisotopic (exact) mass is 291 g/mol. The molecule has 0 amide bonds. The number of nitrogens with zero attached hydrogens (tertiary/aromatic N) is 3. The Morgan fingerprint density at radius 3 is 2.67 bits per heavy atom. The van der Waals surface area contributed by atoms with E-state index in [4.69, 9.17) is 5.73 Å². The first kappa shape index (κ1) is 16.0. The third kappa shape index (κ3) is 4.56. The van der Waals surface area contributed by atoms with Gasteiger partial charge in [0.25, 0.3) is 0 Å². The van der Waals surface area contributed by atoms with Crippen LogP contribution >= 0.6 is 0 Å². The number of aryl methyl sites for hydroxylation is 1. The molecule has 1 atom stereocenters. The summed E-state index contributed by atoms with van der Waals surface area (Å²) in [4.78, 5) is 11.5. The quantitative estimate of drug-likeness (QED) is 0.808. The molecule has 5 heteroatoms. The highest BCUT2D eigenvalue weighted by atomic mass is 15.1. The average Bonchev–Trinajstić information content (AvgIpc) is 2.94. The zero-order chi connectivity index (χ0) is 15.2. The molecule has 0 spiro atoms. The Morgan fingerprint density at radius 2 is 2.00 bits per heavy atom. The lowest BCUT2D eigenvalue weighted by atomic mass is 10.1. The molecule has 0 radical (unpaired) electrons. The maximum Gasteiger partial charge on any atom is 0.134 e. The van der Waals surface area contributed by atoms with Gasteiger partial charge in [0.15, 0.2) is 0 Å². The lowest BCUT2D eigenvalue weighted by Crippen LogP contribution is -2.29. The fourth-order valence-corrected chi connectivity index (χ4v) is 2.83. The maximum absolute atomic E-state index is 5.99. The molecule has 0 aromatic carbocycles. The first-order valence-corrected chi connectivity index (χ1v) is 8.19. The van der Waals surface area contributed by atoms with E-state index in [1.807, 2.05) is 6.92 Å². The number of nitrogens with one attached hydrogen (secondary N) is 1. The van der Waals surface area contributed by atoms with E-state index in [1.165, 1.54) is 25.9 Å². The van der Waals surface area contributed by atoms with Crippen LogP contribution in [0, 0.1) is 12.8 Å². The van der Waals surface area contributed by atoms with Crippen LogP contribution in [0.1, 0.15) is 44.5 Å². The van der Waals surface area contributed by atoms with Crippen LogP contribution < -0.4 is 11.1 Å². The average molecular weight is 291 g/mol. The van der Waals surface area contributed by atoms with Crippen molar-refractivity contribution in [1.29, 1.82) is 0 Å². The van der Waals surface area contributed by atoms with Crippen LogP contribution in [0.25, 0.3) is 0 Å². The summed E-state index contributed by atoms with van der Waals surface area (Å²) in [5.41, 5.74) is 6.95. The zero-order valence-electron chi connectivity index (χ0n) is 13.7. The molecular formula is C16H29N5. The first-order chi connectivity index (χ1) is 10.1. The minimum atomic E-state index is 0.600. The topological polar surface area (TPSA) is 67.1 Å². The molecule has 0 aliphatic carbocycles. The largest absolute Gasteiger partial charge is 0.383 e. The van der Waals surface area contributed by atoms with E-state index >= 15 is 0 Å². The van der Waals surface area contributed by atoms with Gasteiger partial charge in [0.1, 0.15) is 17.5 Å². The van der Waals surface area contributed by atoms with E-state index in [0.29, 0.717) is 11.7 Å². The van der Waals surface area contributed by atoms with Crippen molar-refractivity contribution >= 4 is 11.6 Å². The highest BCUT2D eigenvalue weighted by molar-refractivity contribution is 5.54. The van der Waals surface area contributed by atoms with Gasteiger partial charge in [-0.1, -0.05) is 13.8 Å². The van der Waals surface area contributed by atoms with Gasteiger partial charge in [-0.15, -0.1) is 0 Å². The molecule has 2 rings (SSSR count). The highest BCUT2D eigenvalue weighted by Gasteiger charge is 2.15. The van der Waals surface area contributed by atoms with Gasteiger partial charge in [-0.3, -0.25) is 0 Å². The van der Waals surface area contributed by atoms with Crippen LogP contribution in [-0.2, 0) is 6.42 Å². The van der Waals surface area contributed by atoms with Gasteiger partial charge in [0.05, 0.1) is 0 Å². The molecule has 1 aliphatic rings. The Kier molecular flexibility index (Phi) is 5.79. The van der Waals surface area contributed by atoms with E-state index in [1.54, 1.807) is 0 Å². The number of hydrogen-bond acceptors (Lipinski definition) is 5. The van der Waals surface area contributed by atoms with E-state index in [0.717, 1.165) is 43.1 Å². The molecule has 2 heterocycles. The second-order valence-corrected chi connectivity index (χ2v) is 6.24. The SMILES string of the molecule is CCCc1nc(N)c(C)c(NCC(C)CN2CCCC2)n1. The van der Waals surface area contributed by atoms with Crippen LogP contribution in [0.4, 0.5) is 11.6 Å². The molecule has 1 saturated heterocycles.